The number of rotatable bonds is 5. The van der Waals surface area contributed by atoms with E-state index in [-0.39, 0.29) is 0 Å². The fourth-order valence-electron chi connectivity index (χ4n) is 2.47. The van der Waals surface area contributed by atoms with Crippen LogP contribution in [0.3, 0.4) is 0 Å². The second kappa shape index (κ2) is 6.70. The van der Waals surface area contributed by atoms with Crippen molar-refractivity contribution in [3.05, 3.63) is 54.1 Å². The number of nitrogens with two attached hydrogens (primary N) is 1. The van der Waals surface area contributed by atoms with Crippen molar-refractivity contribution in [3.63, 3.8) is 0 Å². The number of halogens is 1. The van der Waals surface area contributed by atoms with Gasteiger partial charge in [-0.25, -0.2) is 18.7 Å². The van der Waals surface area contributed by atoms with Crippen LogP contribution in [0.2, 0.25) is 0 Å². The maximum atomic E-state index is 13.4. The molecule has 7 heteroatoms. The number of nitrogens with one attached hydrogen (secondary N) is 1. The Labute approximate surface area is 140 Å². The molecule has 0 radical (unpaired) electrons. The van der Waals surface area contributed by atoms with Gasteiger partial charge in [-0.15, -0.1) is 0 Å². The minimum absolute atomic E-state index is 0.333. The number of hydrogen-bond donors (Lipinski definition) is 2. The van der Waals surface area contributed by atoms with Crippen molar-refractivity contribution in [2.75, 3.05) is 0 Å². The van der Waals surface area contributed by atoms with Crippen LogP contribution in [0, 0.1) is 5.82 Å². The first kappa shape index (κ1) is 16.6. The van der Waals surface area contributed by atoms with Crippen LogP contribution < -0.4 is 5.14 Å². The van der Waals surface area contributed by atoms with Crippen molar-refractivity contribution in [1.82, 2.24) is 9.97 Å². The van der Waals surface area contributed by atoms with Gasteiger partial charge < -0.3 is 4.98 Å². The number of nitrogens with zero attached hydrogens (tertiary/aromatic N) is 2. The van der Waals surface area contributed by atoms with Crippen molar-refractivity contribution in [3.8, 4) is 0 Å². The average molecular weight is 346 g/mol. The second-order valence-electron chi connectivity index (χ2n) is 5.63. The Bertz CT molecular complexity index is 972. The van der Waals surface area contributed by atoms with E-state index in [1.807, 2.05) is 12.1 Å². The van der Waals surface area contributed by atoms with Crippen LogP contribution in [0.4, 0.5) is 10.1 Å². The molecule has 126 valence electrons. The lowest BCUT2D eigenvalue weighted by molar-refractivity contribution is 0.624. The summed E-state index contributed by atoms with van der Waals surface area (Å²) in [6, 6.07) is 8.61. The van der Waals surface area contributed by atoms with Gasteiger partial charge in [-0.2, -0.15) is 4.36 Å². The van der Waals surface area contributed by atoms with Crippen molar-refractivity contribution in [1.29, 1.82) is 0 Å². The molecule has 1 unspecified atom stereocenters. The van der Waals surface area contributed by atoms with Gasteiger partial charge in [0.25, 0.3) is 0 Å². The van der Waals surface area contributed by atoms with Gasteiger partial charge in [0.2, 0.25) is 0 Å². The normalized spacial score (nSPS) is 13.8. The molecule has 0 spiro atoms. The van der Waals surface area contributed by atoms with Gasteiger partial charge in [0.1, 0.15) is 27.1 Å². The van der Waals surface area contributed by atoms with Crippen molar-refractivity contribution in [2.24, 2.45) is 9.50 Å². The van der Waals surface area contributed by atoms with Crippen molar-refractivity contribution in [2.45, 2.75) is 31.1 Å². The van der Waals surface area contributed by atoms with Gasteiger partial charge in [0.15, 0.2) is 0 Å². The number of unbranched alkanes of at least 4 members (excludes halogenated alkanes) is 1. The molecule has 0 fully saturated rings. The number of benzene rings is 1. The zero-order valence-corrected chi connectivity index (χ0v) is 14.1. The molecule has 0 aliphatic heterocycles. The molecular formula is C17H19FN4OS. The van der Waals surface area contributed by atoms with E-state index in [1.165, 1.54) is 17.8 Å². The largest absolute Gasteiger partial charge is 0.344 e. The minimum atomic E-state index is -3.12. The van der Waals surface area contributed by atoms with Crippen LogP contribution in [-0.4, -0.2) is 14.2 Å². The Kier molecular flexibility index (Phi) is 4.64. The van der Waals surface area contributed by atoms with Crippen molar-refractivity contribution >= 4 is 26.6 Å². The summed E-state index contributed by atoms with van der Waals surface area (Å²) in [5.41, 5.74) is 1.98. The van der Waals surface area contributed by atoms with E-state index in [2.05, 4.69) is 21.3 Å². The molecule has 0 amide bonds. The van der Waals surface area contributed by atoms with E-state index in [9.17, 15) is 8.60 Å². The number of H-pyrrole nitrogens is 1. The molecule has 0 aliphatic rings. The van der Waals surface area contributed by atoms with Gasteiger partial charge in [-0.1, -0.05) is 25.5 Å². The van der Waals surface area contributed by atoms with E-state index in [0.29, 0.717) is 21.6 Å². The zero-order chi connectivity index (χ0) is 17.2. The Balaban J connectivity index is 1.97. The van der Waals surface area contributed by atoms with Gasteiger partial charge in [0, 0.05) is 11.6 Å². The number of aromatic nitrogens is 2. The predicted octanol–water partition coefficient (Wildman–Crippen LogP) is 4.08. The van der Waals surface area contributed by atoms with Crippen LogP contribution in [0.1, 0.15) is 25.3 Å². The average Bonchev–Trinajstić information content (AvgIpc) is 2.95. The van der Waals surface area contributed by atoms with Crippen molar-refractivity contribution < 1.29 is 8.60 Å². The summed E-state index contributed by atoms with van der Waals surface area (Å²) in [5.74, 6) is -0.484. The second-order valence-corrected chi connectivity index (χ2v) is 7.42. The highest BCUT2D eigenvalue weighted by Gasteiger charge is 2.11. The summed E-state index contributed by atoms with van der Waals surface area (Å²) in [6.45, 7) is 2.14. The Morgan fingerprint density at radius 1 is 1.33 bits per heavy atom. The van der Waals surface area contributed by atoms with Gasteiger partial charge >= 0.3 is 0 Å². The SMILES string of the molecule is CCCCc1ccc(S(N)(=O)=Nc2c[nH]c3ncc(F)cc23)cc1. The Hall–Kier alpha value is -2.25. The van der Waals surface area contributed by atoms with E-state index in [0.717, 1.165) is 25.5 Å². The highest BCUT2D eigenvalue weighted by atomic mass is 32.2. The third kappa shape index (κ3) is 3.47. The molecule has 3 aromatic rings. The highest BCUT2D eigenvalue weighted by molar-refractivity contribution is 7.91. The van der Waals surface area contributed by atoms with Crippen LogP contribution in [0.5, 0.6) is 0 Å². The van der Waals surface area contributed by atoms with Gasteiger partial charge in [-0.05, 0) is 36.6 Å². The van der Waals surface area contributed by atoms with Crippen LogP contribution >= 0.6 is 0 Å². The molecule has 0 aliphatic carbocycles. The molecule has 0 saturated carbocycles. The van der Waals surface area contributed by atoms with Crippen LogP contribution in [0.15, 0.2) is 52.0 Å². The molecule has 5 nitrogen and oxygen atoms in total. The number of pyridine rings is 1. The first-order valence-electron chi connectivity index (χ1n) is 7.76. The third-order valence-electron chi connectivity index (χ3n) is 3.79. The molecule has 24 heavy (non-hydrogen) atoms. The molecule has 3 rings (SSSR count). The lowest BCUT2D eigenvalue weighted by Crippen LogP contribution is -2.11. The quantitative estimate of drug-likeness (QED) is 0.729. The molecule has 0 bridgehead atoms. The molecular weight excluding hydrogens is 327 g/mol. The van der Waals surface area contributed by atoms with Gasteiger partial charge in [-0.3, -0.25) is 0 Å². The summed E-state index contributed by atoms with van der Waals surface area (Å²) in [5, 5.41) is 6.39. The Morgan fingerprint density at radius 2 is 2.08 bits per heavy atom. The molecule has 3 N–H and O–H groups in total. The number of fused-ring (bicyclic) bond motifs is 1. The molecule has 1 atom stereocenters. The van der Waals surface area contributed by atoms with Gasteiger partial charge in [0.05, 0.1) is 11.1 Å². The standard InChI is InChI=1S/C17H19FN4OS/c1-2-3-4-12-5-7-14(8-6-12)24(19,23)22-16-11-21-17-15(16)9-13(18)10-20-17/h5-11H,2-4H2,1H3,(H,20,21)(H2,19,22,23). The molecule has 2 heterocycles. The summed E-state index contributed by atoms with van der Waals surface area (Å²) < 4.78 is 30.3. The number of hydrogen-bond acceptors (Lipinski definition) is 3. The zero-order valence-electron chi connectivity index (χ0n) is 13.3. The summed E-state index contributed by atoms with van der Waals surface area (Å²) in [4.78, 5) is 7.23. The van der Waals surface area contributed by atoms with E-state index in [1.54, 1.807) is 12.1 Å². The van der Waals surface area contributed by atoms with E-state index in [4.69, 9.17) is 5.14 Å². The van der Waals surface area contributed by atoms with Crippen LogP contribution in [0.25, 0.3) is 11.0 Å². The topological polar surface area (TPSA) is 84.1 Å². The fourth-order valence-corrected chi connectivity index (χ4v) is 3.55. The Morgan fingerprint density at radius 3 is 2.79 bits per heavy atom. The van der Waals surface area contributed by atoms with E-state index >= 15 is 0 Å². The monoisotopic (exact) mass is 346 g/mol. The lowest BCUT2D eigenvalue weighted by atomic mass is 10.1. The molecule has 2 aromatic heterocycles. The molecule has 1 aromatic carbocycles. The summed E-state index contributed by atoms with van der Waals surface area (Å²) in [7, 11) is -3.12. The molecule has 0 saturated heterocycles. The van der Waals surface area contributed by atoms with Crippen LogP contribution in [-0.2, 0) is 16.3 Å². The lowest BCUT2D eigenvalue weighted by Gasteiger charge is -2.06. The fraction of sp³-hybridized carbons (Fsp3) is 0.235. The summed E-state index contributed by atoms with van der Waals surface area (Å²) in [6.07, 6.45) is 5.84. The number of aromatic amines is 1. The van der Waals surface area contributed by atoms with E-state index < -0.39 is 15.7 Å². The summed E-state index contributed by atoms with van der Waals surface area (Å²) >= 11 is 0. The first-order chi connectivity index (χ1) is 11.5. The minimum Gasteiger partial charge on any atom is -0.344 e. The number of aryl methyl sites for hydroxylation is 1. The smallest absolute Gasteiger partial charge is 0.142 e. The third-order valence-corrected chi connectivity index (χ3v) is 5.21. The predicted molar refractivity (Wildman–Crippen MR) is 93.8 cm³/mol. The highest BCUT2D eigenvalue weighted by Crippen LogP contribution is 2.27. The maximum absolute atomic E-state index is 13.4. The maximum Gasteiger partial charge on any atom is 0.142 e. The first-order valence-corrected chi connectivity index (χ1v) is 9.34.